The highest BCUT2D eigenvalue weighted by Gasteiger charge is 2.23. The third-order valence-electron chi connectivity index (χ3n) is 5.18. The van der Waals surface area contributed by atoms with E-state index in [2.05, 4.69) is 115 Å². The van der Waals surface area contributed by atoms with Gasteiger partial charge in [-0.1, -0.05) is 120 Å². The summed E-state index contributed by atoms with van der Waals surface area (Å²) in [5, 5.41) is 9.70. The van der Waals surface area contributed by atoms with Crippen LogP contribution in [0.25, 0.3) is 21.5 Å². The molecule has 0 saturated heterocycles. The van der Waals surface area contributed by atoms with Gasteiger partial charge >= 0.3 is 0 Å². The van der Waals surface area contributed by atoms with Gasteiger partial charge in [-0.3, -0.25) is 0 Å². The van der Waals surface area contributed by atoms with Crippen LogP contribution in [0.2, 0.25) is 0 Å². The molecule has 127 valence electrons. The van der Waals surface area contributed by atoms with Crippen LogP contribution in [-0.4, -0.2) is 8.80 Å². The third kappa shape index (κ3) is 2.86. The lowest BCUT2D eigenvalue weighted by Gasteiger charge is -2.20. The van der Waals surface area contributed by atoms with E-state index in [1.165, 1.54) is 37.1 Å². The third-order valence-corrected chi connectivity index (χ3v) is 8.04. The van der Waals surface area contributed by atoms with E-state index < -0.39 is 8.80 Å². The van der Waals surface area contributed by atoms with Crippen molar-refractivity contribution < 1.29 is 0 Å². The molecular weight excluding hydrogens is 340 g/mol. The maximum Gasteiger partial charge on any atom is 0.156 e. The normalized spacial score (nSPS) is 11.3. The van der Waals surface area contributed by atoms with E-state index in [0.29, 0.717) is 0 Å². The molecule has 0 N–H and O–H groups in total. The topological polar surface area (TPSA) is 0 Å². The molecule has 27 heavy (non-hydrogen) atoms. The number of fused-ring (bicyclic) bond motifs is 2. The summed E-state index contributed by atoms with van der Waals surface area (Å²) in [7, 11) is -1.13. The van der Waals surface area contributed by atoms with E-state index in [0.717, 1.165) is 0 Å². The van der Waals surface area contributed by atoms with E-state index in [1.807, 2.05) is 0 Å². The predicted octanol–water partition coefficient (Wildman–Crippen LogP) is 4.51. The van der Waals surface area contributed by atoms with Crippen LogP contribution in [0.3, 0.4) is 0 Å². The maximum atomic E-state index is 2.32. The Morgan fingerprint density at radius 3 is 1.37 bits per heavy atom. The van der Waals surface area contributed by atoms with Gasteiger partial charge < -0.3 is 0 Å². The molecule has 0 aliphatic rings. The van der Waals surface area contributed by atoms with Crippen LogP contribution < -0.4 is 15.6 Å². The van der Waals surface area contributed by atoms with Gasteiger partial charge in [-0.05, 0) is 31.9 Å². The van der Waals surface area contributed by atoms with E-state index in [1.54, 1.807) is 0 Å². The average molecular weight is 360 g/mol. The number of rotatable bonds is 3. The van der Waals surface area contributed by atoms with E-state index in [9.17, 15) is 0 Å². The van der Waals surface area contributed by atoms with Crippen molar-refractivity contribution in [2.24, 2.45) is 0 Å². The van der Waals surface area contributed by atoms with Crippen LogP contribution in [0.15, 0.2) is 115 Å². The molecule has 0 aliphatic carbocycles. The standard InChI is InChI=1S/C26H19Si/c1-2-14-22(15-3-1)27(25-18-8-12-20-10-4-6-16-23(20)25)26-19-9-13-21-11-5-7-17-24(21)26/h1-19H. The molecule has 0 aliphatic heterocycles. The summed E-state index contributed by atoms with van der Waals surface area (Å²) in [5.74, 6) is 0. The molecule has 0 saturated carbocycles. The Morgan fingerprint density at radius 2 is 0.815 bits per heavy atom. The first-order chi connectivity index (χ1) is 13.4. The van der Waals surface area contributed by atoms with Crippen molar-refractivity contribution in [2.75, 3.05) is 0 Å². The van der Waals surface area contributed by atoms with Gasteiger partial charge in [0.05, 0.1) is 0 Å². The molecule has 0 bridgehead atoms. The summed E-state index contributed by atoms with van der Waals surface area (Å²) >= 11 is 0. The van der Waals surface area contributed by atoms with Crippen LogP contribution >= 0.6 is 0 Å². The molecule has 0 fully saturated rings. The average Bonchev–Trinajstić information content (AvgIpc) is 2.75. The Kier molecular flexibility index (Phi) is 4.08. The second-order valence-corrected chi connectivity index (χ2v) is 9.20. The molecule has 0 nitrogen and oxygen atoms in total. The van der Waals surface area contributed by atoms with Crippen molar-refractivity contribution in [3.05, 3.63) is 115 Å². The fraction of sp³-hybridized carbons (Fsp3) is 0. The SMILES string of the molecule is c1ccc([Si](c2cccc3ccccc23)c2cccc3ccccc23)cc1. The summed E-state index contributed by atoms with van der Waals surface area (Å²) in [6, 6.07) is 42.0. The molecule has 1 radical (unpaired) electrons. The minimum atomic E-state index is -1.13. The zero-order chi connectivity index (χ0) is 18.1. The molecule has 5 aromatic carbocycles. The predicted molar refractivity (Wildman–Crippen MR) is 119 cm³/mol. The van der Waals surface area contributed by atoms with Crippen LogP contribution in [0, 0.1) is 0 Å². The lowest BCUT2D eigenvalue weighted by molar-refractivity contribution is 1.73. The molecule has 0 atom stereocenters. The number of hydrogen-bond donors (Lipinski definition) is 0. The summed E-state index contributed by atoms with van der Waals surface area (Å²) in [4.78, 5) is 0. The highest BCUT2D eigenvalue weighted by atomic mass is 28.3. The largest absolute Gasteiger partial charge is 0.156 e. The minimum absolute atomic E-state index is 1.13. The van der Waals surface area contributed by atoms with Crippen LogP contribution in [0.1, 0.15) is 0 Å². The van der Waals surface area contributed by atoms with Crippen molar-refractivity contribution in [1.29, 1.82) is 0 Å². The molecule has 0 amide bonds. The Morgan fingerprint density at radius 1 is 0.370 bits per heavy atom. The molecule has 0 aromatic heterocycles. The fourth-order valence-corrected chi connectivity index (χ4v) is 6.91. The monoisotopic (exact) mass is 359 g/mol. The van der Waals surface area contributed by atoms with Crippen molar-refractivity contribution in [2.45, 2.75) is 0 Å². The van der Waals surface area contributed by atoms with Crippen LogP contribution in [-0.2, 0) is 0 Å². The molecule has 0 spiro atoms. The zero-order valence-corrected chi connectivity index (χ0v) is 16.0. The first-order valence-electron chi connectivity index (χ1n) is 9.30. The Balaban J connectivity index is 1.85. The molecule has 5 rings (SSSR count). The van der Waals surface area contributed by atoms with Gasteiger partial charge in [-0.2, -0.15) is 0 Å². The van der Waals surface area contributed by atoms with Gasteiger partial charge in [0.15, 0.2) is 8.80 Å². The first kappa shape index (κ1) is 16.0. The van der Waals surface area contributed by atoms with E-state index >= 15 is 0 Å². The molecule has 0 heterocycles. The fourth-order valence-electron chi connectivity index (χ4n) is 3.95. The van der Waals surface area contributed by atoms with Gasteiger partial charge in [0.2, 0.25) is 0 Å². The second kappa shape index (κ2) is 6.86. The number of hydrogen-bond acceptors (Lipinski definition) is 0. The van der Waals surface area contributed by atoms with Crippen LogP contribution in [0.4, 0.5) is 0 Å². The Bertz CT molecular complexity index is 1130. The van der Waals surface area contributed by atoms with Gasteiger partial charge in [0.25, 0.3) is 0 Å². The lowest BCUT2D eigenvalue weighted by atomic mass is 10.1. The van der Waals surface area contributed by atoms with Crippen molar-refractivity contribution in [3.63, 3.8) is 0 Å². The first-order valence-corrected chi connectivity index (χ1v) is 10.8. The second-order valence-electron chi connectivity index (χ2n) is 6.79. The Labute approximate surface area is 161 Å². The van der Waals surface area contributed by atoms with Crippen LogP contribution in [0.5, 0.6) is 0 Å². The summed E-state index contributed by atoms with van der Waals surface area (Å²) in [6.45, 7) is 0. The highest BCUT2D eigenvalue weighted by Crippen LogP contribution is 2.15. The van der Waals surface area contributed by atoms with E-state index in [4.69, 9.17) is 0 Å². The molecular formula is C26H19Si. The van der Waals surface area contributed by atoms with Gasteiger partial charge in [0, 0.05) is 0 Å². The number of benzene rings is 5. The van der Waals surface area contributed by atoms with Gasteiger partial charge in [-0.15, -0.1) is 0 Å². The molecule has 1 heteroatoms. The summed E-state index contributed by atoms with van der Waals surface area (Å²) in [5.41, 5.74) is 0. The molecule has 5 aromatic rings. The zero-order valence-electron chi connectivity index (χ0n) is 15.0. The smallest absolute Gasteiger partial charge is 0.0624 e. The summed E-state index contributed by atoms with van der Waals surface area (Å²) < 4.78 is 0. The minimum Gasteiger partial charge on any atom is -0.0624 e. The maximum absolute atomic E-state index is 2.32. The quantitative estimate of drug-likeness (QED) is 0.328. The van der Waals surface area contributed by atoms with Crippen molar-refractivity contribution >= 4 is 45.9 Å². The van der Waals surface area contributed by atoms with Crippen molar-refractivity contribution in [1.82, 2.24) is 0 Å². The van der Waals surface area contributed by atoms with Gasteiger partial charge in [-0.25, -0.2) is 0 Å². The molecule has 0 unspecified atom stereocenters. The highest BCUT2D eigenvalue weighted by molar-refractivity contribution is 6.98. The summed E-state index contributed by atoms with van der Waals surface area (Å²) in [6.07, 6.45) is 0. The van der Waals surface area contributed by atoms with E-state index in [-0.39, 0.29) is 0 Å². The van der Waals surface area contributed by atoms with Gasteiger partial charge in [0.1, 0.15) is 0 Å². The lowest BCUT2D eigenvalue weighted by Crippen LogP contribution is -2.52. The van der Waals surface area contributed by atoms with Crippen molar-refractivity contribution in [3.8, 4) is 0 Å². The Hall–Kier alpha value is -3.16.